The van der Waals surface area contributed by atoms with Crippen LogP contribution in [0.5, 0.6) is 0 Å². The third-order valence-electron chi connectivity index (χ3n) is 4.17. The van der Waals surface area contributed by atoms with Gasteiger partial charge >= 0.3 is 17.9 Å². The predicted molar refractivity (Wildman–Crippen MR) is 72.1 cm³/mol. The summed E-state index contributed by atoms with van der Waals surface area (Å²) >= 11 is 0. The van der Waals surface area contributed by atoms with Crippen LogP contribution in [-0.4, -0.2) is 33.2 Å². The van der Waals surface area contributed by atoms with Gasteiger partial charge in [-0.2, -0.15) is 0 Å². The molecule has 1 aliphatic rings. The second-order valence-electron chi connectivity index (χ2n) is 5.28. The molecular formula is C15H16O6. The molecule has 0 aliphatic heterocycles. The van der Waals surface area contributed by atoms with Gasteiger partial charge in [-0.1, -0.05) is 24.3 Å². The molecule has 1 aromatic rings. The van der Waals surface area contributed by atoms with Crippen LogP contribution < -0.4 is 0 Å². The highest BCUT2D eigenvalue weighted by atomic mass is 16.4. The van der Waals surface area contributed by atoms with Crippen molar-refractivity contribution in [3.8, 4) is 0 Å². The van der Waals surface area contributed by atoms with Gasteiger partial charge in [0.15, 0.2) is 0 Å². The van der Waals surface area contributed by atoms with Gasteiger partial charge in [-0.3, -0.25) is 14.4 Å². The van der Waals surface area contributed by atoms with E-state index in [1.165, 1.54) is 0 Å². The number of aryl methyl sites for hydroxylation is 1. The molecular weight excluding hydrogens is 276 g/mol. The molecule has 1 aromatic carbocycles. The van der Waals surface area contributed by atoms with Gasteiger partial charge in [-0.05, 0) is 30.4 Å². The van der Waals surface area contributed by atoms with Crippen LogP contribution in [0.25, 0.3) is 0 Å². The summed E-state index contributed by atoms with van der Waals surface area (Å²) in [7, 11) is 0. The number of carboxylic acids is 3. The quantitative estimate of drug-likeness (QED) is 0.758. The number of benzene rings is 1. The first kappa shape index (κ1) is 15.0. The van der Waals surface area contributed by atoms with E-state index in [0.717, 1.165) is 5.56 Å². The van der Waals surface area contributed by atoms with Crippen LogP contribution in [0.4, 0.5) is 0 Å². The van der Waals surface area contributed by atoms with E-state index in [1.807, 2.05) is 0 Å². The Balaban J connectivity index is 2.64. The monoisotopic (exact) mass is 292 g/mol. The number of hydrogen-bond donors (Lipinski definition) is 3. The number of carbonyl (C=O) groups is 3. The first-order valence-corrected chi connectivity index (χ1v) is 6.66. The smallest absolute Gasteiger partial charge is 0.315 e. The maximum absolute atomic E-state index is 11.9. The van der Waals surface area contributed by atoms with Crippen molar-refractivity contribution in [2.24, 2.45) is 5.92 Å². The summed E-state index contributed by atoms with van der Waals surface area (Å²) in [5.74, 6) is -5.47. The molecule has 21 heavy (non-hydrogen) atoms. The van der Waals surface area contributed by atoms with E-state index in [4.69, 9.17) is 5.11 Å². The molecule has 0 saturated carbocycles. The second kappa shape index (κ2) is 5.55. The van der Waals surface area contributed by atoms with Crippen molar-refractivity contribution in [3.63, 3.8) is 0 Å². The van der Waals surface area contributed by atoms with Crippen molar-refractivity contribution in [1.82, 2.24) is 0 Å². The largest absolute Gasteiger partial charge is 0.481 e. The number of fused-ring (bicyclic) bond motifs is 1. The van der Waals surface area contributed by atoms with Crippen LogP contribution in [0.15, 0.2) is 24.3 Å². The van der Waals surface area contributed by atoms with E-state index < -0.39 is 35.7 Å². The summed E-state index contributed by atoms with van der Waals surface area (Å²) in [4.78, 5) is 34.4. The molecule has 0 radical (unpaired) electrons. The standard InChI is InChI=1S/C15H16O6/c16-12(17)8-11(13(18)19)15(14(20)21)7-3-5-9-4-1-2-6-10(9)15/h1-2,4,6,11H,3,5,7-8H2,(H,16,17)(H,18,19)(H,20,21). The van der Waals surface area contributed by atoms with Crippen molar-refractivity contribution in [1.29, 1.82) is 0 Å². The normalized spacial score (nSPS) is 22.1. The Morgan fingerprint density at radius 2 is 1.81 bits per heavy atom. The lowest BCUT2D eigenvalue weighted by atomic mass is 9.62. The third kappa shape index (κ3) is 2.49. The molecule has 0 heterocycles. The van der Waals surface area contributed by atoms with Crippen molar-refractivity contribution in [2.75, 3.05) is 0 Å². The zero-order valence-corrected chi connectivity index (χ0v) is 11.3. The van der Waals surface area contributed by atoms with Crippen molar-refractivity contribution in [2.45, 2.75) is 31.1 Å². The van der Waals surface area contributed by atoms with Gasteiger partial charge in [0.2, 0.25) is 0 Å². The van der Waals surface area contributed by atoms with E-state index in [1.54, 1.807) is 24.3 Å². The maximum atomic E-state index is 11.9. The summed E-state index contributed by atoms with van der Waals surface area (Å²) in [6.45, 7) is 0. The zero-order valence-electron chi connectivity index (χ0n) is 11.3. The van der Waals surface area contributed by atoms with Crippen molar-refractivity contribution >= 4 is 17.9 Å². The minimum absolute atomic E-state index is 0.129. The molecule has 0 fully saturated rings. The number of hydrogen-bond acceptors (Lipinski definition) is 3. The molecule has 112 valence electrons. The molecule has 0 bridgehead atoms. The lowest BCUT2D eigenvalue weighted by Crippen LogP contribution is -2.49. The van der Waals surface area contributed by atoms with Gasteiger partial charge in [-0.15, -0.1) is 0 Å². The third-order valence-corrected chi connectivity index (χ3v) is 4.17. The molecule has 1 aliphatic carbocycles. The SMILES string of the molecule is O=C(O)CC(C(=O)O)C1(C(=O)O)CCCc2ccccc21. The van der Waals surface area contributed by atoms with E-state index in [2.05, 4.69) is 0 Å². The lowest BCUT2D eigenvalue weighted by Gasteiger charge is -2.39. The Bertz CT molecular complexity index is 594. The Morgan fingerprint density at radius 3 is 2.38 bits per heavy atom. The van der Waals surface area contributed by atoms with Crippen molar-refractivity contribution in [3.05, 3.63) is 35.4 Å². The van der Waals surface area contributed by atoms with Gasteiger partial charge in [-0.25, -0.2) is 0 Å². The van der Waals surface area contributed by atoms with E-state index in [0.29, 0.717) is 18.4 Å². The zero-order chi connectivity index (χ0) is 15.6. The summed E-state index contributed by atoms with van der Waals surface area (Å²) in [5, 5.41) is 28.1. The molecule has 2 atom stereocenters. The molecule has 3 N–H and O–H groups in total. The average molecular weight is 292 g/mol. The Hall–Kier alpha value is -2.37. The fraction of sp³-hybridized carbons (Fsp3) is 0.400. The highest BCUT2D eigenvalue weighted by Gasteiger charge is 2.53. The minimum atomic E-state index is -1.68. The van der Waals surface area contributed by atoms with Crippen LogP contribution in [0.3, 0.4) is 0 Å². The van der Waals surface area contributed by atoms with Crippen LogP contribution >= 0.6 is 0 Å². The fourth-order valence-corrected chi connectivity index (χ4v) is 3.25. The molecule has 2 unspecified atom stereocenters. The second-order valence-corrected chi connectivity index (χ2v) is 5.28. The molecule has 0 saturated heterocycles. The Morgan fingerprint density at radius 1 is 1.14 bits per heavy atom. The molecule has 0 aromatic heterocycles. The summed E-state index contributed by atoms with van der Waals surface area (Å²) in [6.07, 6.45) is 0.608. The lowest BCUT2D eigenvalue weighted by molar-refractivity contribution is -0.160. The predicted octanol–water partition coefficient (Wildman–Crippen LogP) is 1.52. The van der Waals surface area contributed by atoms with Gasteiger partial charge < -0.3 is 15.3 Å². The van der Waals surface area contributed by atoms with Crippen LogP contribution in [-0.2, 0) is 26.2 Å². The molecule has 6 heteroatoms. The van der Waals surface area contributed by atoms with Gasteiger partial charge in [0.05, 0.1) is 12.3 Å². The first-order valence-electron chi connectivity index (χ1n) is 6.66. The van der Waals surface area contributed by atoms with Crippen LogP contribution in [0, 0.1) is 5.92 Å². The van der Waals surface area contributed by atoms with Crippen LogP contribution in [0.1, 0.15) is 30.4 Å². The molecule has 0 spiro atoms. The van der Waals surface area contributed by atoms with Crippen molar-refractivity contribution < 1.29 is 29.7 Å². The Kier molecular flexibility index (Phi) is 3.97. The number of rotatable bonds is 5. The van der Waals surface area contributed by atoms with E-state index >= 15 is 0 Å². The van der Waals surface area contributed by atoms with Gasteiger partial charge in [0.1, 0.15) is 5.41 Å². The Labute approximate surface area is 121 Å². The molecule has 2 rings (SSSR count). The summed E-state index contributed by atoms with van der Waals surface area (Å²) in [5.41, 5.74) is -0.473. The molecule has 6 nitrogen and oxygen atoms in total. The summed E-state index contributed by atoms with van der Waals surface area (Å²) < 4.78 is 0. The highest BCUT2D eigenvalue weighted by molar-refractivity contribution is 5.91. The number of aliphatic carboxylic acids is 3. The average Bonchev–Trinajstić information content (AvgIpc) is 2.43. The van der Waals surface area contributed by atoms with Gasteiger partial charge in [0.25, 0.3) is 0 Å². The number of carboxylic acid groups (broad SMARTS) is 3. The van der Waals surface area contributed by atoms with Gasteiger partial charge in [0, 0.05) is 0 Å². The summed E-state index contributed by atoms with van der Waals surface area (Å²) in [6, 6.07) is 6.79. The topological polar surface area (TPSA) is 112 Å². The minimum Gasteiger partial charge on any atom is -0.481 e. The van der Waals surface area contributed by atoms with Crippen LogP contribution in [0.2, 0.25) is 0 Å². The van der Waals surface area contributed by atoms with E-state index in [-0.39, 0.29) is 6.42 Å². The highest BCUT2D eigenvalue weighted by Crippen LogP contribution is 2.44. The first-order chi connectivity index (χ1) is 9.89. The maximum Gasteiger partial charge on any atom is 0.315 e. The molecule has 0 amide bonds. The van der Waals surface area contributed by atoms with E-state index in [9.17, 15) is 24.6 Å². The fourth-order valence-electron chi connectivity index (χ4n) is 3.25.